The first kappa shape index (κ1) is 12.9. The highest BCUT2D eigenvalue weighted by Crippen LogP contribution is 2.26. The number of rotatable bonds is 4. The van der Waals surface area contributed by atoms with E-state index in [1.807, 2.05) is 0 Å². The van der Waals surface area contributed by atoms with Crippen molar-refractivity contribution in [2.45, 2.75) is 32.1 Å². The number of amides is 1. The van der Waals surface area contributed by atoms with Crippen LogP contribution < -0.4 is 11.1 Å². The summed E-state index contributed by atoms with van der Waals surface area (Å²) in [6.45, 7) is 0.638. The molecule has 1 saturated carbocycles. The average Bonchev–Trinajstić information content (AvgIpc) is 2.85. The lowest BCUT2D eigenvalue weighted by molar-refractivity contribution is 0.0952. The molecule has 1 aliphatic carbocycles. The van der Waals surface area contributed by atoms with Gasteiger partial charge in [0.15, 0.2) is 0 Å². The van der Waals surface area contributed by atoms with Crippen LogP contribution in [0.25, 0.3) is 0 Å². The largest absolute Gasteiger partial charge is 0.398 e. The summed E-state index contributed by atoms with van der Waals surface area (Å²) in [6.07, 6.45) is 6.13. The molecule has 1 aliphatic rings. The van der Waals surface area contributed by atoms with Crippen LogP contribution in [-0.2, 0) is 0 Å². The molecular formula is C14H19FN2O. The minimum Gasteiger partial charge on any atom is -0.398 e. The SMILES string of the molecule is Nc1ccc(F)cc1C(=O)NCCC1CCCC1. The predicted molar refractivity (Wildman–Crippen MR) is 69.7 cm³/mol. The van der Waals surface area contributed by atoms with Crippen molar-refractivity contribution < 1.29 is 9.18 Å². The van der Waals surface area contributed by atoms with Crippen LogP contribution in [-0.4, -0.2) is 12.5 Å². The van der Waals surface area contributed by atoms with Crippen molar-refractivity contribution in [1.29, 1.82) is 0 Å². The van der Waals surface area contributed by atoms with Crippen molar-refractivity contribution in [3.8, 4) is 0 Å². The third-order valence-corrected chi connectivity index (χ3v) is 3.57. The average molecular weight is 250 g/mol. The van der Waals surface area contributed by atoms with Crippen molar-refractivity contribution in [1.82, 2.24) is 5.32 Å². The van der Waals surface area contributed by atoms with Gasteiger partial charge in [0.25, 0.3) is 5.91 Å². The molecule has 0 bridgehead atoms. The van der Waals surface area contributed by atoms with E-state index in [-0.39, 0.29) is 11.5 Å². The first-order chi connectivity index (χ1) is 8.66. The molecule has 1 amide bonds. The first-order valence-corrected chi connectivity index (χ1v) is 6.50. The van der Waals surface area contributed by atoms with Crippen LogP contribution in [0.4, 0.5) is 10.1 Å². The Labute approximate surface area is 107 Å². The summed E-state index contributed by atoms with van der Waals surface area (Å²) in [4.78, 5) is 11.8. The van der Waals surface area contributed by atoms with Crippen LogP contribution in [0.5, 0.6) is 0 Å². The molecule has 0 aliphatic heterocycles. The van der Waals surface area contributed by atoms with Crippen molar-refractivity contribution in [3.05, 3.63) is 29.6 Å². The predicted octanol–water partition coefficient (Wildman–Crippen LogP) is 2.72. The second kappa shape index (κ2) is 5.85. The van der Waals surface area contributed by atoms with Gasteiger partial charge < -0.3 is 11.1 Å². The zero-order valence-corrected chi connectivity index (χ0v) is 10.4. The number of hydrogen-bond donors (Lipinski definition) is 2. The van der Waals surface area contributed by atoms with Gasteiger partial charge in [0, 0.05) is 12.2 Å². The summed E-state index contributed by atoms with van der Waals surface area (Å²) < 4.78 is 13.0. The van der Waals surface area contributed by atoms with Gasteiger partial charge in [0.2, 0.25) is 0 Å². The summed E-state index contributed by atoms with van der Waals surface area (Å²) in [7, 11) is 0. The van der Waals surface area contributed by atoms with E-state index < -0.39 is 5.82 Å². The topological polar surface area (TPSA) is 55.1 Å². The first-order valence-electron chi connectivity index (χ1n) is 6.50. The van der Waals surface area contributed by atoms with Crippen molar-refractivity contribution in [2.75, 3.05) is 12.3 Å². The Morgan fingerprint density at radius 2 is 2.11 bits per heavy atom. The molecule has 0 saturated heterocycles. The third kappa shape index (κ3) is 3.22. The molecule has 0 spiro atoms. The molecule has 0 heterocycles. The molecule has 3 nitrogen and oxygen atoms in total. The van der Waals surface area contributed by atoms with E-state index >= 15 is 0 Å². The van der Waals surface area contributed by atoms with E-state index in [2.05, 4.69) is 5.32 Å². The maximum absolute atomic E-state index is 13.0. The van der Waals surface area contributed by atoms with Gasteiger partial charge in [0.1, 0.15) is 5.82 Å². The molecule has 0 atom stereocenters. The van der Waals surface area contributed by atoms with E-state index in [0.717, 1.165) is 12.3 Å². The number of carbonyl (C=O) groups is 1. The van der Waals surface area contributed by atoms with Crippen molar-refractivity contribution >= 4 is 11.6 Å². The highest BCUT2D eigenvalue weighted by atomic mass is 19.1. The fourth-order valence-corrected chi connectivity index (χ4v) is 2.51. The summed E-state index contributed by atoms with van der Waals surface area (Å²) in [5, 5.41) is 2.81. The minimum atomic E-state index is -0.440. The van der Waals surface area contributed by atoms with Crippen molar-refractivity contribution in [2.24, 2.45) is 5.92 Å². The molecule has 18 heavy (non-hydrogen) atoms. The van der Waals surface area contributed by atoms with E-state index in [0.29, 0.717) is 12.2 Å². The van der Waals surface area contributed by atoms with Crippen LogP contribution >= 0.6 is 0 Å². The summed E-state index contributed by atoms with van der Waals surface area (Å²) in [5.41, 5.74) is 6.19. The van der Waals surface area contributed by atoms with Crippen LogP contribution in [0.1, 0.15) is 42.5 Å². The lowest BCUT2D eigenvalue weighted by Crippen LogP contribution is -2.26. The van der Waals surface area contributed by atoms with Gasteiger partial charge in [0.05, 0.1) is 5.56 Å². The number of nitrogens with two attached hydrogens (primary N) is 1. The minimum absolute atomic E-state index is 0.224. The molecule has 1 aromatic carbocycles. The molecule has 1 aromatic rings. The van der Waals surface area contributed by atoms with Crippen molar-refractivity contribution in [3.63, 3.8) is 0 Å². The molecule has 1 fully saturated rings. The Balaban J connectivity index is 1.85. The van der Waals surface area contributed by atoms with Crippen LogP contribution in [0.15, 0.2) is 18.2 Å². The molecule has 2 rings (SSSR count). The highest BCUT2D eigenvalue weighted by Gasteiger charge is 2.15. The maximum Gasteiger partial charge on any atom is 0.253 e. The van der Waals surface area contributed by atoms with Gasteiger partial charge in [-0.3, -0.25) is 4.79 Å². The summed E-state index contributed by atoms with van der Waals surface area (Å²) in [5.74, 6) is 0.00490. The number of nitrogens with one attached hydrogen (secondary N) is 1. The number of carbonyl (C=O) groups excluding carboxylic acids is 1. The van der Waals surface area contributed by atoms with Crippen LogP contribution in [0.3, 0.4) is 0 Å². The van der Waals surface area contributed by atoms with Crippen LogP contribution in [0, 0.1) is 11.7 Å². The molecule has 98 valence electrons. The fourth-order valence-electron chi connectivity index (χ4n) is 2.51. The van der Waals surface area contributed by atoms with Gasteiger partial charge >= 0.3 is 0 Å². The Morgan fingerprint density at radius 3 is 2.83 bits per heavy atom. The molecule has 4 heteroatoms. The number of anilines is 1. The lowest BCUT2D eigenvalue weighted by Gasteiger charge is -2.11. The highest BCUT2D eigenvalue weighted by molar-refractivity contribution is 5.99. The van der Waals surface area contributed by atoms with E-state index in [1.54, 1.807) is 0 Å². The standard InChI is InChI=1S/C14H19FN2O/c15-11-5-6-13(16)12(9-11)14(18)17-8-7-10-3-1-2-4-10/h5-6,9-10H,1-4,7-8,16H2,(H,17,18). The summed E-state index contributed by atoms with van der Waals surface area (Å²) in [6, 6.07) is 3.85. The molecular weight excluding hydrogens is 231 g/mol. The van der Waals surface area contributed by atoms with Gasteiger partial charge in [-0.15, -0.1) is 0 Å². The van der Waals surface area contributed by atoms with Gasteiger partial charge in [-0.2, -0.15) is 0 Å². The summed E-state index contributed by atoms with van der Waals surface area (Å²) >= 11 is 0. The van der Waals surface area contributed by atoms with Gasteiger partial charge in [-0.05, 0) is 30.5 Å². The van der Waals surface area contributed by atoms with E-state index in [4.69, 9.17) is 5.73 Å². The monoisotopic (exact) mass is 250 g/mol. The van der Waals surface area contributed by atoms with Gasteiger partial charge in [-0.25, -0.2) is 4.39 Å². The Bertz CT molecular complexity index is 428. The molecule has 3 N–H and O–H groups in total. The number of halogens is 1. The van der Waals surface area contributed by atoms with Gasteiger partial charge in [-0.1, -0.05) is 25.7 Å². The molecule has 0 unspecified atom stereocenters. The Morgan fingerprint density at radius 1 is 1.39 bits per heavy atom. The normalized spacial score (nSPS) is 15.8. The van der Waals surface area contributed by atoms with Crippen LogP contribution in [0.2, 0.25) is 0 Å². The number of nitrogen functional groups attached to an aromatic ring is 1. The molecule has 0 aromatic heterocycles. The number of benzene rings is 1. The van der Waals surface area contributed by atoms with E-state index in [1.165, 1.54) is 43.9 Å². The zero-order valence-electron chi connectivity index (χ0n) is 10.4. The zero-order chi connectivity index (χ0) is 13.0. The fraction of sp³-hybridized carbons (Fsp3) is 0.500. The lowest BCUT2D eigenvalue weighted by atomic mass is 10.0. The second-order valence-corrected chi connectivity index (χ2v) is 4.93. The second-order valence-electron chi connectivity index (χ2n) is 4.93. The van der Waals surface area contributed by atoms with E-state index in [9.17, 15) is 9.18 Å². The Kier molecular flexibility index (Phi) is 4.18. The Hall–Kier alpha value is -1.58. The third-order valence-electron chi connectivity index (χ3n) is 3.57. The quantitative estimate of drug-likeness (QED) is 0.807. The number of hydrogen-bond acceptors (Lipinski definition) is 2. The molecule has 0 radical (unpaired) electrons. The maximum atomic E-state index is 13.0. The smallest absolute Gasteiger partial charge is 0.253 e.